The van der Waals surface area contributed by atoms with E-state index in [1.165, 1.54) is 0 Å². The van der Waals surface area contributed by atoms with Crippen LogP contribution >= 0.6 is 11.3 Å². The van der Waals surface area contributed by atoms with Crippen LogP contribution in [0.1, 0.15) is 25.7 Å². The zero-order valence-electron chi connectivity index (χ0n) is 12.7. The summed E-state index contributed by atoms with van der Waals surface area (Å²) in [6, 6.07) is 11.7. The maximum atomic E-state index is 11.9. The van der Waals surface area contributed by atoms with Crippen molar-refractivity contribution in [2.24, 2.45) is 0 Å². The number of hydrogen-bond acceptors (Lipinski definition) is 4. The lowest BCUT2D eigenvalue weighted by Gasteiger charge is -2.06. The molecule has 0 atom stereocenters. The highest BCUT2D eigenvalue weighted by atomic mass is 32.1. The van der Waals surface area contributed by atoms with Crippen LogP contribution in [0.2, 0.25) is 0 Å². The van der Waals surface area contributed by atoms with Gasteiger partial charge in [-0.2, -0.15) is 0 Å². The fraction of sp³-hybridized carbons (Fsp3) is 0.294. The summed E-state index contributed by atoms with van der Waals surface area (Å²) in [6.07, 6.45) is 0.753. The van der Waals surface area contributed by atoms with E-state index in [0.717, 1.165) is 21.7 Å². The SMILES string of the molecule is Cc1cc(C(=O)OCC(=O)NCCc2ccccc2)c(C)s1. The highest BCUT2D eigenvalue weighted by molar-refractivity contribution is 7.12. The van der Waals surface area contributed by atoms with E-state index in [1.54, 1.807) is 17.4 Å². The van der Waals surface area contributed by atoms with E-state index in [1.807, 2.05) is 44.2 Å². The first-order valence-corrected chi connectivity index (χ1v) is 7.92. The van der Waals surface area contributed by atoms with E-state index in [9.17, 15) is 9.59 Å². The number of nitrogens with one attached hydrogen (secondary N) is 1. The summed E-state index contributed by atoms with van der Waals surface area (Å²) in [4.78, 5) is 25.5. The fourth-order valence-corrected chi connectivity index (χ4v) is 3.00. The van der Waals surface area contributed by atoms with E-state index in [-0.39, 0.29) is 12.5 Å². The van der Waals surface area contributed by atoms with Crippen LogP contribution in [-0.4, -0.2) is 25.0 Å². The van der Waals surface area contributed by atoms with Crippen LogP contribution in [0, 0.1) is 13.8 Å². The van der Waals surface area contributed by atoms with Crippen molar-refractivity contribution in [1.82, 2.24) is 5.32 Å². The van der Waals surface area contributed by atoms with Crippen LogP contribution in [-0.2, 0) is 16.0 Å². The van der Waals surface area contributed by atoms with Gasteiger partial charge >= 0.3 is 5.97 Å². The molecule has 22 heavy (non-hydrogen) atoms. The van der Waals surface area contributed by atoms with Crippen LogP contribution in [0.5, 0.6) is 0 Å². The predicted octanol–water partition coefficient (Wildman–Crippen LogP) is 2.88. The second-order valence-corrected chi connectivity index (χ2v) is 6.45. The van der Waals surface area contributed by atoms with Gasteiger partial charge in [0.1, 0.15) is 0 Å². The van der Waals surface area contributed by atoms with Gasteiger partial charge in [0.2, 0.25) is 0 Å². The number of aryl methyl sites for hydroxylation is 2. The Morgan fingerprint density at radius 3 is 2.55 bits per heavy atom. The molecule has 0 bridgehead atoms. The Morgan fingerprint density at radius 1 is 1.18 bits per heavy atom. The monoisotopic (exact) mass is 317 g/mol. The first-order valence-electron chi connectivity index (χ1n) is 7.11. The molecule has 0 unspecified atom stereocenters. The molecule has 1 aromatic heterocycles. The summed E-state index contributed by atoms with van der Waals surface area (Å²) < 4.78 is 5.04. The number of carbonyl (C=O) groups excluding carboxylic acids is 2. The molecule has 1 heterocycles. The van der Waals surface area contributed by atoms with Gasteiger partial charge in [-0.15, -0.1) is 11.3 Å². The first-order chi connectivity index (χ1) is 10.6. The number of rotatable bonds is 6. The minimum atomic E-state index is -0.444. The zero-order valence-corrected chi connectivity index (χ0v) is 13.5. The van der Waals surface area contributed by atoms with Crippen molar-refractivity contribution in [2.45, 2.75) is 20.3 Å². The Labute approximate surface area is 134 Å². The normalized spacial score (nSPS) is 10.3. The molecule has 0 radical (unpaired) electrons. The van der Waals surface area contributed by atoms with Crippen molar-refractivity contribution < 1.29 is 14.3 Å². The Bertz CT molecular complexity index is 649. The molecule has 0 saturated carbocycles. The van der Waals surface area contributed by atoms with Gasteiger partial charge in [0.05, 0.1) is 5.56 Å². The number of amides is 1. The van der Waals surface area contributed by atoms with Gasteiger partial charge in [0, 0.05) is 16.3 Å². The second kappa shape index (κ2) is 7.75. The predicted molar refractivity (Wildman–Crippen MR) is 87.2 cm³/mol. The molecule has 5 heteroatoms. The molecule has 1 amide bonds. The van der Waals surface area contributed by atoms with Crippen molar-refractivity contribution in [1.29, 1.82) is 0 Å². The minimum Gasteiger partial charge on any atom is -0.452 e. The van der Waals surface area contributed by atoms with E-state index in [2.05, 4.69) is 5.32 Å². The molecule has 1 N–H and O–H groups in total. The molecular formula is C17H19NO3S. The van der Waals surface area contributed by atoms with E-state index >= 15 is 0 Å². The Hall–Kier alpha value is -2.14. The lowest BCUT2D eigenvalue weighted by atomic mass is 10.1. The number of esters is 1. The molecule has 1 aromatic carbocycles. The molecule has 4 nitrogen and oxygen atoms in total. The van der Waals surface area contributed by atoms with Gasteiger partial charge < -0.3 is 10.1 Å². The smallest absolute Gasteiger partial charge is 0.339 e. The Balaban J connectivity index is 1.71. The topological polar surface area (TPSA) is 55.4 Å². The van der Waals surface area contributed by atoms with Gasteiger partial charge in [0.15, 0.2) is 6.61 Å². The van der Waals surface area contributed by atoms with Gasteiger partial charge in [-0.1, -0.05) is 30.3 Å². The largest absolute Gasteiger partial charge is 0.452 e. The number of benzene rings is 1. The summed E-state index contributed by atoms with van der Waals surface area (Å²) in [5.41, 5.74) is 1.70. The van der Waals surface area contributed by atoms with E-state index < -0.39 is 5.97 Å². The Kier molecular flexibility index (Phi) is 5.72. The molecule has 0 aliphatic rings. The van der Waals surface area contributed by atoms with Crippen LogP contribution in [0.3, 0.4) is 0 Å². The van der Waals surface area contributed by atoms with Crippen molar-refractivity contribution in [3.05, 3.63) is 57.3 Å². The second-order valence-electron chi connectivity index (χ2n) is 4.99. The molecule has 2 aromatic rings. The third-order valence-corrected chi connectivity index (χ3v) is 4.14. The molecular weight excluding hydrogens is 298 g/mol. The highest BCUT2D eigenvalue weighted by Gasteiger charge is 2.14. The van der Waals surface area contributed by atoms with Gasteiger partial charge in [-0.05, 0) is 31.9 Å². The molecule has 0 fully saturated rings. The standard InChI is InChI=1S/C17H19NO3S/c1-12-10-15(13(2)22-12)17(20)21-11-16(19)18-9-8-14-6-4-3-5-7-14/h3-7,10H,8-9,11H2,1-2H3,(H,18,19). The number of hydrogen-bond donors (Lipinski definition) is 1. The number of ether oxygens (including phenoxy) is 1. The van der Waals surface area contributed by atoms with Crippen LogP contribution in [0.25, 0.3) is 0 Å². The molecule has 2 rings (SSSR count). The van der Waals surface area contributed by atoms with E-state index in [4.69, 9.17) is 4.74 Å². The molecule has 0 aliphatic heterocycles. The van der Waals surface area contributed by atoms with Crippen LogP contribution < -0.4 is 5.32 Å². The lowest BCUT2D eigenvalue weighted by molar-refractivity contribution is -0.124. The number of carbonyl (C=O) groups is 2. The fourth-order valence-electron chi connectivity index (χ4n) is 2.08. The molecule has 0 aliphatic carbocycles. The average molecular weight is 317 g/mol. The maximum absolute atomic E-state index is 11.9. The van der Waals surface area contributed by atoms with Crippen LogP contribution in [0.15, 0.2) is 36.4 Å². The van der Waals surface area contributed by atoms with Crippen molar-refractivity contribution in [2.75, 3.05) is 13.2 Å². The highest BCUT2D eigenvalue weighted by Crippen LogP contribution is 2.21. The van der Waals surface area contributed by atoms with Gasteiger partial charge in [-0.3, -0.25) is 4.79 Å². The van der Waals surface area contributed by atoms with E-state index in [0.29, 0.717) is 12.1 Å². The van der Waals surface area contributed by atoms with Gasteiger partial charge in [-0.25, -0.2) is 4.79 Å². The third kappa shape index (κ3) is 4.70. The van der Waals surface area contributed by atoms with Gasteiger partial charge in [0.25, 0.3) is 5.91 Å². The molecule has 116 valence electrons. The number of thiophene rings is 1. The van der Waals surface area contributed by atoms with Crippen molar-refractivity contribution >= 4 is 23.2 Å². The summed E-state index contributed by atoms with van der Waals surface area (Å²) in [6.45, 7) is 4.08. The molecule has 0 saturated heterocycles. The average Bonchev–Trinajstić information content (AvgIpc) is 2.84. The van der Waals surface area contributed by atoms with Crippen LogP contribution in [0.4, 0.5) is 0 Å². The first kappa shape index (κ1) is 16.2. The summed E-state index contributed by atoms with van der Waals surface area (Å²) in [7, 11) is 0. The summed E-state index contributed by atoms with van der Waals surface area (Å²) >= 11 is 1.54. The quantitative estimate of drug-likeness (QED) is 0.834. The van der Waals surface area contributed by atoms with Crippen molar-refractivity contribution in [3.8, 4) is 0 Å². The third-order valence-electron chi connectivity index (χ3n) is 3.17. The Morgan fingerprint density at radius 2 is 1.91 bits per heavy atom. The molecule has 0 spiro atoms. The summed E-state index contributed by atoms with van der Waals surface area (Å²) in [5.74, 6) is -0.728. The summed E-state index contributed by atoms with van der Waals surface area (Å²) in [5, 5.41) is 2.74. The lowest BCUT2D eigenvalue weighted by Crippen LogP contribution is -2.30. The zero-order chi connectivity index (χ0) is 15.9. The van der Waals surface area contributed by atoms with Crippen molar-refractivity contribution in [3.63, 3.8) is 0 Å². The maximum Gasteiger partial charge on any atom is 0.339 e. The minimum absolute atomic E-state index is 0.248.